The second-order valence-corrected chi connectivity index (χ2v) is 1.90. The average molecular weight is 138 g/mol. The topological polar surface area (TPSA) is 98.0 Å². The maximum absolute atomic E-state index is 5.43. The lowest BCUT2D eigenvalue weighted by molar-refractivity contribution is 0.971. The summed E-state index contributed by atoms with van der Waals surface area (Å²) in [6, 6.07) is 0. The van der Waals surface area contributed by atoms with Crippen molar-refractivity contribution in [3.63, 3.8) is 0 Å². The quantitative estimate of drug-likeness (QED) is 0.444. The van der Waals surface area contributed by atoms with Crippen LogP contribution < -0.4 is 11.5 Å². The molecule has 0 aliphatic carbocycles. The molecule has 0 radical (unpaired) electrons. The predicted molar refractivity (Wildman–Crippen MR) is 36.2 cm³/mol. The van der Waals surface area contributed by atoms with Crippen LogP contribution in [0.15, 0.2) is 6.33 Å². The molecule has 0 saturated carbocycles. The van der Waals surface area contributed by atoms with Gasteiger partial charge in [-0.1, -0.05) is 0 Å². The standard InChI is InChI=1S/C4H6N6/c5-2-3-7-1-8-10(3)4(6)9-2/h1H,5H2,(H2,6,9)(H,7,8). The van der Waals surface area contributed by atoms with Crippen molar-refractivity contribution in [1.82, 2.24) is 19.6 Å². The van der Waals surface area contributed by atoms with E-state index in [1.807, 2.05) is 0 Å². The largest absolute Gasteiger partial charge is 0.380 e. The third-order valence-electron chi connectivity index (χ3n) is 1.28. The van der Waals surface area contributed by atoms with Crippen LogP contribution >= 0.6 is 0 Å². The number of aromatic amines is 1. The lowest BCUT2D eigenvalue weighted by Gasteiger charge is -1.81. The molecule has 0 aliphatic rings. The normalized spacial score (nSPS) is 10.8. The molecule has 6 nitrogen and oxygen atoms in total. The Labute approximate surface area is 55.8 Å². The van der Waals surface area contributed by atoms with Crippen LogP contribution in [0.25, 0.3) is 5.65 Å². The van der Waals surface area contributed by atoms with E-state index in [9.17, 15) is 0 Å². The first-order valence-electron chi connectivity index (χ1n) is 2.72. The Morgan fingerprint density at radius 1 is 1.50 bits per heavy atom. The molecule has 0 amide bonds. The Morgan fingerprint density at radius 3 is 3.00 bits per heavy atom. The van der Waals surface area contributed by atoms with Gasteiger partial charge in [-0.2, -0.15) is 4.98 Å². The summed E-state index contributed by atoms with van der Waals surface area (Å²) in [5.74, 6) is 0.670. The first-order valence-corrected chi connectivity index (χ1v) is 2.72. The highest BCUT2D eigenvalue weighted by molar-refractivity contribution is 5.63. The zero-order chi connectivity index (χ0) is 7.14. The Bertz CT molecular complexity index is 325. The van der Waals surface area contributed by atoms with Crippen molar-refractivity contribution in [2.45, 2.75) is 0 Å². The number of fused-ring (bicyclic) bond motifs is 1. The van der Waals surface area contributed by atoms with Gasteiger partial charge in [0.05, 0.1) is 0 Å². The fraction of sp³-hybridized carbons (Fsp3) is 0. The molecule has 0 atom stereocenters. The molecule has 2 aromatic heterocycles. The molecule has 2 aromatic rings. The van der Waals surface area contributed by atoms with E-state index in [1.165, 1.54) is 10.8 Å². The number of nitrogens with two attached hydrogens (primary N) is 2. The van der Waals surface area contributed by atoms with Gasteiger partial charge >= 0.3 is 0 Å². The number of imidazole rings is 1. The zero-order valence-corrected chi connectivity index (χ0v) is 5.07. The van der Waals surface area contributed by atoms with Crippen LogP contribution in [0.5, 0.6) is 0 Å². The molecule has 5 N–H and O–H groups in total. The van der Waals surface area contributed by atoms with E-state index in [-0.39, 0.29) is 0 Å². The van der Waals surface area contributed by atoms with Gasteiger partial charge in [0.2, 0.25) is 5.95 Å². The number of aromatic nitrogens is 4. The number of hydrogen-bond acceptors (Lipinski definition) is 4. The third-order valence-corrected chi connectivity index (χ3v) is 1.28. The van der Waals surface area contributed by atoms with Crippen LogP contribution in [-0.2, 0) is 0 Å². The minimum Gasteiger partial charge on any atom is -0.380 e. The molecule has 0 saturated heterocycles. The molecule has 2 heterocycles. The van der Waals surface area contributed by atoms with Gasteiger partial charge in [0.25, 0.3) is 0 Å². The molecule has 0 fully saturated rings. The van der Waals surface area contributed by atoms with E-state index in [4.69, 9.17) is 11.5 Å². The molecular weight excluding hydrogens is 132 g/mol. The summed E-state index contributed by atoms with van der Waals surface area (Å²) in [5.41, 5.74) is 11.4. The van der Waals surface area contributed by atoms with Crippen LogP contribution in [0.3, 0.4) is 0 Å². The molecule has 0 bridgehead atoms. The number of H-pyrrole nitrogens is 1. The molecule has 0 unspecified atom stereocenters. The number of nitrogen functional groups attached to an aromatic ring is 2. The molecule has 6 heteroatoms. The predicted octanol–water partition coefficient (Wildman–Crippen LogP) is -0.778. The number of anilines is 2. The lowest BCUT2D eigenvalue weighted by atomic mass is 10.7. The summed E-state index contributed by atoms with van der Waals surface area (Å²) in [6.45, 7) is 0. The fourth-order valence-corrected chi connectivity index (χ4v) is 0.845. The van der Waals surface area contributed by atoms with Crippen molar-refractivity contribution < 1.29 is 0 Å². The van der Waals surface area contributed by atoms with E-state index in [0.717, 1.165) is 0 Å². The van der Waals surface area contributed by atoms with Crippen LogP contribution in [0.4, 0.5) is 11.8 Å². The van der Waals surface area contributed by atoms with Crippen molar-refractivity contribution in [2.24, 2.45) is 0 Å². The Hall–Kier alpha value is -1.72. The van der Waals surface area contributed by atoms with E-state index >= 15 is 0 Å². The van der Waals surface area contributed by atoms with E-state index in [2.05, 4.69) is 15.1 Å². The lowest BCUT2D eigenvalue weighted by Crippen LogP contribution is -1.93. The van der Waals surface area contributed by atoms with Gasteiger partial charge in [-0.3, -0.25) is 5.10 Å². The smallest absolute Gasteiger partial charge is 0.223 e. The summed E-state index contributed by atoms with van der Waals surface area (Å²) in [6.07, 6.45) is 1.50. The van der Waals surface area contributed by atoms with Crippen LogP contribution in [0, 0.1) is 0 Å². The minimum absolute atomic E-state index is 0.324. The van der Waals surface area contributed by atoms with E-state index in [0.29, 0.717) is 17.4 Å². The van der Waals surface area contributed by atoms with Crippen LogP contribution in [-0.4, -0.2) is 19.6 Å². The van der Waals surface area contributed by atoms with Gasteiger partial charge in [0.15, 0.2) is 11.5 Å². The summed E-state index contributed by atoms with van der Waals surface area (Å²) in [4.78, 5) is 7.65. The van der Waals surface area contributed by atoms with Crippen molar-refractivity contribution in [2.75, 3.05) is 11.5 Å². The number of hydrogen-bond donors (Lipinski definition) is 3. The van der Waals surface area contributed by atoms with Gasteiger partial charge in [-0.25, -0.2) is 9.50 Å². The molecule has 0 spiro atoms. The van der Waals surface area contributed by atoms with E-state index in [1.54, 1.807) is 0 Å². The van der Waals surface area contributed by atoms with E-state index < -0.39 is 0 Å². The summed E-state index contributed by atoms with van der Waals surface area (Å²) in [7, 11) is 0. The number of rotatable bonds is 0. The first kappa shape index (κ1) is 5.10. The Balaban J connectivity index is 2.98. The van der Waals surface area contributed by atoms with Gasteiger partial charge in [-0.15, -0.1) is 0 Å². The number of nitrogens with one attached hydrogen (secondary N) is 1. The summed E-state index contributed by atoms with van der Waals surface area (Å²) >= 11 is 0. The highest BCUT2D eigenvalue weighted by Crippen LogP contribution is 2.10. The molecule has 0 aliphatic heterocycles. The van der Waals surface area contributed by atoms with Crippen molar-refractivity contribution in [3.05, 3.63) is 6.33 Å². The monoisotopic (exact) mass is 138 g/mol. The molecule has 2 rings (SSSR count). The summed E-state index contributed by atoms with van der Waals surface area (Å²) < 4.78 is 1.51. The third kappa shape index (κ3) is 0.426. The van der Waals surface area contributed by atoms with Gasteiger partial charge in [-0.05, 0) is 0 Å². The van der Waals surface area contributed by atoms with Gasteiger partial charge < -0.3 is 11.5 Å². The first-order chi connectivity index (χ1) is 4.79. The van der Waals surface area contributed by atoms with Gasteiger partial charge in [0.1, 0.15) is 6.33 Å². The highest BCUT2D eigenvalue weighted by Gasteiger charge is 2.05. The molecular formula is C4H6N6. The fourth-order valence-electron chi connectivity index (χ4n) is 0.845. The second kappa shape index (κ2) is 1.41. The number of nitrogens with zero attached hydrogens (tertiary/aromatic N) is 3. The maximum Gasteiger partial charge on any atom is 0.223 e. The highest BCUT2D eigenvalue weighted by atomic mass is 15.4. The van der Waals surface area contributed by atoms with Gasteiger partial charge in [0, 0.05) is 0 Å². The second-order valence-electron chi connectivity index (χ2n) is 1.90. The SMILES string of the molecule is Nc1nc(N)n2[nH]cnc12. The zero-order valence-electron chi connectivity index (χ0n) is 5.07. The molecule has 52 valence electrons. The van der Waals surface area contributed by atoms with Crippen LogP contribution in [0.1, 0.15) is 0 Å². The van der Waals surface area contributed by atoms with Crippen LogP contribution in [0.2, 0.25) is 0 Å². The van der Waals surface area contributed by atoms with Crippen molar-refractivity contribution in [3.8, 4) is 0 Å². The Kier molecular flexibility index (Phi) is 0.717. The van der Waals surface area contributed by atoms with Crippen molar-refractivity contribution >= 4 is 17.4 Å². The minimum atomic E-state index is 0.324. The Morgan fingerprint density at radius 2 is 2.30 bits per heavy atom. The molecule has 0 aromatic carbocycles. The summed E-state index contributed by atoms with van der Waals surface area (Å²) in [5, 5.41) is 2.75. The average Bonchev–Trinajstić information content (AvgIpc) is 2.39. The van der Waals surface area contributed by atoms with Crippen molar-refractivity contribution in [1.29, 1.82) is 0 Å². The maximum atomic E-state index is 5.43. The molecule has 10 heavy (non-hydrogen) atoms.